The fourth-order valence-electron chi connectivity index (χ4n) is 3.03. The predicted octanol–water partition coefficient (Wildman–Crippen LogP) is 5.13. The first-order valence-corrected chi connectivity index (χ1v) is 12.1. The number of ether oxygens (including phenoxy) is 1. The number of carbonyl (C=O) groups excluding carboxylic acids is 2. The van der Waals surface area contributed by atoms with Crippen molar-refractivity contribution in [1.82, 2.24) is 15.3 Å². The molecule has 8 nitrogen and oxygen atoms in total. The second-order valence-corrected chi connectivity index (χ2v) is 8.95. The SMILES string of the molecule is C#CCOc1nc(Nc2cc(NC(=O)CC/C(C)=C/C=C\C)cc(C(=O)NC3CC3)c2)ncc1Br. The van der Waals surface area contributed by atoms with E-state index in [1.54, 1.807) is 18.2 Å². The normalized spacial score (nSPS) is 13.3. The van der Waals surface area contributed by atoms with Crippen molar-refractivity contribution in [3.63, 3.8) is 0 Å². The van der Waals surface area contributed by atoms with Crippen LogP contribution in [0.2, 0.25) is 0 Å². The number of carbonyl (C=O) groups is 2. The van der Waals surface area contributed by atoms with E-state index in [0.717, 1.165) is 18.4 Å². The first kappa shape index (κ1) is 26.0. The molecule has 3 N–H and O–H groups in total. The Hall–Kier alpha value is -3.64. The molecule has 1 saturated carbocycles. The van der Waals surface area contributed by atoms with Crippen LogP contribution in [0.1, 0.15) is 49.9 Å². The van der Waals surface area contributed by atoms with Gasteiger partial charge in [0.15, 0.2) is 6.61 Å². The van der Waals surface area contributed by atoms with E-state index in [1.165, 1.54) is 6.20 Å². The van der Waals surface area contributed by atoms with Crippen molar-refractivity contribution < 1.29 is 14.3 Å². The molecule has 1 fully saturated rings. The minimum Gasteiger partial charge on any atom is -0.464 e. The summed E-state index contributed by atoms with van der Waals surface area (Å²) in [7, 11) is 0. The van der Waals surface area contributed by atoms with Gasteiger partial charge in [0.25, 0.3) is 5.91 Å². The third-order valence-corrected chi connectivity index (χ3v) is 5.52. The highest BCUT2D eigenvalue weighted by molar-refractivity contribution is 9.10. The van der Waals surface area contributed by atoms with Gasteiger partial charge in [0.1, 0.15) is 0 Å². The molecular formula is C26H28BrN5O3. The van der Waals surface area contributed by atoms with Crippen LogP contribution >= 0.6 is 15.9 Å². The maximum Gasteiger partial charge on any atom is 0.251 e. The van der Waals surface area contributed by atoms with Crippen LogP contribution in [-0.4, -0.2) is 34.4 Å². The van der Waals surface area contributed by atoms with Gasteiger partial charge in [0.05, 0.1) is 10.7 Å². The van der Waals surface area contributed by atoms with Crippen LogP contribution in [0.15, 0.2) is 52.7 Å². The lowest BCUT2D eigenvalue weighted by Crippen LogP contribution is -2.25. The molecule has 2 aromatic rings. The first-order chi connectivity index (χ1) is 16.9. The lowest BCUT2D eigenvalue weighted by molar-refractivity contribution is -0.116. The number of nitrogens with zero attached hydrogens (tertiary/aromatic N) is 2. The van der Waals surface area contributed by atoms with E-state index in [2.05, 4.69) is 47.8 Å². The molecule has 1 heterocycles. The number of terminal acetylenes is 1. The van der Waals surface area contributed by atoms with Gasteiger partial charge in [-0.2, -0.15) is 4.98 Å². The van der Waals surface area contributed by atoms with E-state index in [4.69, 9.17) is 11.2 Å². The molecule has 35 heavy (non-hydrogen) atoms. The Morgan fingerprint density at radius 3 is 2.74 bits per heavy atom. The summed E-state index contributed by atoms with van der Waals surface area (Å²) in [6, 6.07) is 5.27. The van der Waals surface area contributed by atoms with Crippen LogP contribution in [0.5, 0.6) is 5.88 Å². The van der Waals surface area contributed by atoms with E-state index in [-0.39, 0.29) is 36.3 Å². The molecule has 3 rings (SSSR count). The van der Waals surface area contributed by atoms with Gasteiger partial charge in [-0.25, -0.2) is 4.98 Å². The lowest BCUT2D eigenvalue weighted by atomic mass is 10.1. The van der Waals surface area contributed by atoms with Crippen LogP contribution in [0.4, 0.5) is 17.3 Å². The van der Waals surface area contributed by atoms with Crippen LogP contribution in [-0.2, 0) is 4.79 Å². The Bertz CT molecular complexity index is 1180. The highest BCUT2D eigenvalue weighted by Crippen LogP contribution is 2.27. The van der Waals surface area contributed by atoms with Gasteiger partial charge in [-0.05, 0) is 67.2 Å². The standard InChI is InChI=1S/C26H28BrN5O3/c1-4-6-7-17(3)8-11-23(33)29-20-13-18(24(34)30-19-9-10-19)14-21(15-20)31-26-28-16-22(27)25(32-26)35-12-5-2/h2,4,6-7,13-16,19H,8-12H2,1,3H3,(H,29,33)(H,30,34)(H,28,31,32)/b6-4-,17-7+. The lowest BCUT2D eigenvalue weighted by Gasteiger charge is -2.13. The summed E-state index contributed by atoms with van der Waals surface area (Å²) in [6.07, 6.45) is 15.6. The van der Waals surface area contributed by atoms with Gasteiger partial charge in [-0.1, -0.05) is 29.7 Å². The molecule has 0 spiro atoms. The first-order valence-electron chi connectivity index (χ1n) is 11.3. The Kier molecular flexibility index (Phi) is 9.44. The number of aromatic nitrogens is 2. The van der Waals surface area contributed by atoms with Gasteiger partial charge < -0.3 is 20.7 Å². The molecule has 1 aromatic heterocycles. The van der Waals surface area contributed by atoms with Crippen LogP contribution in [0, 0.1) is 12.3 Å². The number of benzene rings is 1. The summed E-state index contributed by atoms with van der Waals surface area (Å²) < 4.78 is 5.98. The Labute approximate surface area is 213 Å². The predicted molar refractivity (Wildman–Crippen MR) is 141 cm³/mol. The van der Waals surface area contributed by atoms with Crippen molar-refractivity contribution in [1.29, 1.82) is 0 Å². The quantitative estimate of drug-likeness (QED) is 0.271. The Morgan fingerprint density at radius 1 is 1.26 bits per heavy atom. The molecule has 0 unspecified atom stereocenters. The maximum atomic E-state index is 12.7. The highest BCUT2D eigenvalue weighted by Gasteiger charge is 2.24. The molecule has 0 radical (unpaired) electrons. The molecule has 0 atom stereocenters. The summed E-state index contributed by atoms with van der Waals surface area (Å²) in [4.78, 5) is 33.9. The van der Waals surface area contributed by atoms with E-state index in [1.807, 2.05) is 32.1 Å². The molecule has 9 heteroatoms. The molecule has 0 saturated heterocycles. The zero-order valence-corrected chi connectivity index (χ0v) is 21.3. The number of amides is 2. The van der Waals surface area contributed by atoms with Gasteiger partial charge >= 0.3 is 0 Å². The molecule has 1 aromatic carbocycles. The van der Waals surface area contributed by atoms with E-state index < -0.39 is 0 Å². The van der Waals surface area contributed by atoms with E-state index in [9.17, 15) is 9.59 Å². The van der Waals surface area contributed by atoms with Crippen molar-refractivity contribution in [3.05, 3.63) is 58.2 Å². The van der Waals surface area contributed by atoms with E-state index >= 15 is 0 Å². The van der Waals surface area contributed by atoms with Crippen molar-refractivity contribution >= 4 is 45.1 Å². The summed E-state index contributed by atoms with van der Waals surface area (Å²) in [5.41, 5.74) is 2.56. The van der Waals surface area contributed by atoms with Gasteiger partial charge in [-0.15, -0.1) is 6.42 Å². The van der Waals surface area contributed by atoms with Gasteiger partial charge in [-0.3, -0.25) is 9.59 Å². The average Bonchev–Trinajstić information content (AvgIpc) is 3.65. The molecule has 2 amide bonds. The number of rotatable bonds is 11. The van der Waals surface area contributed by atoms with E-state index in [0.29, 0.717) is 34.3 Å². The zero-order valence-electron chi connectivity index (χ0n) is 19.7. The van der Waals surface area contributed by atoms with Crippen LogP contribution < -0.4 is 20.7 Å². The van der Waals surface area contributed by atoms with Gasteiger partial charge in [0.2, 0.25) is 17.7 Å². The highest BCUT2D eigenvalue weighted by atomic mass is 79.9. The Morgan fingerprint density at radius 2 is 2.03 bits per heavy atom. The fourth-order valence-corrected chi connectivity index (χ4v) is 3.33. The van der Waals surface area contributed by atoms with Crippen LogP contribution in [0.25, 0.3) is 0 Å². The fraction of sp³-hybridized carbons (Fsp3) is 0.308. The number of nitrogens with one attached hydrogen (secondary N) is 3. The van der Waals surface area contributed by atoms with Crippen LogP contribution in [0.3, 0.4) is 0 Å². The minimum atomic E-state index is -0.202. The summed E-state index contributed by atoms with van der Waals surface area (Å²) >= 11 is 3.33. The molecule has 1 aliphatic carbocycles. The number of allylic oxidation sites excluding steroid dienone is 4. The number of anilines is 3. The van der Waals surface area contributed by atoms with Crippen molar-refractivity contribution in [2.24, 2.45) is 0 Å². The largest absolute Gasteiger partial charge is 0.464 e. The Balaban J connectivity index is 1.79. The number of hydrogen-bond acceptors (Lipinski definition) is 6. The minimum absolute atomic E-state index is 0.0610. The molecule has 0 bridgehead atoms. The molecular weight excluding hydrogens is 510 g/mol. The topological polar surface area (TPSA) is 105 Å². The molecule has 0 aliphatic heterocycles. The number of halogens is 1. The second-order valence-electron chi connectivity index (χ2n) is 8.10. The number of hydrogen-bond donors (Lipinski definition) is 3. The smallest absolute Gasteiger partial charge is 0.251 e. The molecule has 1 aliphatic rings. The van der Waals surface area contributed by atoms with Crippen molar-refractivity contribution in [2.45, 2.75) is 45.6 Å². The molecule has 182 valence electrons. The summed E-state index contributed by atoms with van der Waals surface area (Å²) in [5.74, 6) is 2.59. The second kappa shape index (κ2) is 12.7. The van der Waals surface area contributed by atoms with Gasteiger partial charge in [0, 0.05) is 29.4 Å². The maximum absolute atomic E-state index is 12.7. The monoisotopic (exact) mass is 537 g/mol. The third kappa shape index (κ3) is 8.58. The average molecular weight is 538 g/mol. The zero-order chi connectivity index (χ0) is 25.2. The van der Waals surface area contributed by atoms with Crippen molar-refractivity contribution in [3.8, 4) is 18.2 Å². The third-order valence-electron chi connectivity index (χ3n) is 4.97. The summed E-state index contributed by atoms with van der Waals surface area (Å²) in [6.45, 7) is 3.99. The summed E-state index contributed by atoms with van der Waals surface area (Å²) in [5, 5.41) is 8.94. The van der Waals surface area contributed by atoms with Crippen molar-refractivity contribution in [2.75, 3.05) is 17.2 Å².